The summed E-state index contributed by atoms with van der Waals surface area (Å²) in [5, 5.41) is 24.2. The van der Waals surface area contributed by atoms with E-state index in [2.05, 4.69) is 31.3 Å². The maximum absolute atomic E-state index is 8.60. The number of nitrogens with one attached hydrogen (secondary N) is 1. The van der Waals surface area contributed by atoms with Gasteiger partial charge in [-0.1, -0.05) is 0 Å². The summed E-state index contributed by atoms with van der Waals surface area (Å²) in [5.74, 6) is 0. The molecule has 0 fully saturated rings. The summed E-state index contributed by atoms with van der Waals surface area (Å²) in [5.41, 5.74) is 1.64. The zero-order chi connectivity index (χ0) is 13.7. The van der Waals surface area contributed by atoms with Crippen molar-refractivity contribution in [2.45, 2.75) is 0 Å². The van der Waals surface area contributed by atoms with E-state index in [1.54, 1.807) is 23.1 Å². The van der Waals surface area contributed by atoms with Crippen LogP contribution in [0.2, 0.25) is 0 Å². The molecule has 1 N–H and O–H groups in total. The first kappa shape index (κ1) is 12.8. The molecule has 0 amide bonds. The maximum atomic E-state index is 8.60. The molecule has 0 bridgehead atoms. The number of benzene rings is 1. The smallest absolute Gasteiger partial charge is 0.217 e. The number of aromatic nitrogens is 3. The monoisotopic (exact) mass is 314 g/mol. The van der Waals surface area contributed by atoms with Crippen LogP contribution < -0.4 is 5.32 Å². The largest absolute Gasteiger partial charge is 0.360 e. The van der Waals surface area contributed by atoms with Gasteiger partial charge in [-0.2, -0.15) is 10.5 Å². The summed E-state index contributed by atoms with van der Waals surface area (Å²) in [6.07, 6.45) is 2.96. The molecule has 0 aliphatic carbocycles. The fourth-order valence-electron chi connectivity index (χ4n) is 1.32. The van der Waals surface area contributed by atoms with Gasteiger partial charge in [-0.05, 0) is 40.2 Å². The normalized spacial score (nSPS) is 9.21. The van der Waals surface area contributed by atoms with Crippen LogP contribution in [-0.4, -0.2) is 14.8 Å². The Morgan fingerprint density at radius 1 is 1.26 bits per heavy atom. The highest BCUT2D eigenvalue weighted by Crippen LogP contribution is 2.13. The van der Waals surface area contributed by atoms with Crippen molar-refractivity contribution in [3.05, 3.63) is 47.1 Å². The Morgan fingerprint density at radius 2 is 1.95 bits per heavy atom. The van der Waals surface area contributed by atoms with Crippen LogP contribution in [0.15, 0.2) is 47.1 Å². The van der Waals surface area contributed by atoms with Gasteiger partial charge >= 0.3 is 0 Å². The minimum absolute atomic E-state index is 0.0179. The van der Waals surface area contributed by atoms with Crippen LogP contribution in [0.4, 0.5) is 5.69 Å². The summed E-state index contributed by atoms with van der Waals surface area (Å²) < 4.78 is 2.14. The van der Waals surface area contributed by atoms with Gasteiger partial charge in [-0.15, -0.1) is 5.10 Å². The molecule has 1 aromatic carbocycles. The second-order valence-corrected chi connectivity index (χ2v) is 4.14. The Hall–Kier alpha value is -2.64. The van der Waals surface area contributed by atoms with E-state index in [0.717, 1.165) is 11.4 Å². The standard InChI is InChI=1S/C12H7BrN6/c13-12-17-8-19(18-12)11-3-1-10(2-4-11)16-7-9(5-14)6-15/h1-4,7-8,16H. The number of nitrogens with zero attached hydrogens (tertiary/aromatic N) is 5. The molecule has 0 aliphatic rings. The molecular weight excluding hydrogens is 308 g/mol. The summed E-state index contributed by atoms with van der Waals surface area (Å²) in [7, 11) is 0. The molecule has 0 radical (unpaired) electrons. The number of anilines is 1. The van der Waals surface area contributed by atoms with E-state index in [4.69, 9.17) is 10.5 Å². The van der Waals surface area contributed by atoms with Gasteiger partial charge in [0, 0.05) is 11.9 Å². The van der Waals surface area contributed by atoms with Gasteiger partial charge in [0.05, 0.1) is 5.69 Å². The summed E-state index contributed by atoms with van der Waals surface area (Å²) >= 11 is 3.18. The van der Waals surface area contributed by atoms with Crippen molar-refractivity contribution in [1.82, 2.24) is 14.8 Å². The number of rotatable bonds is 3. The lowest BCUT2D eigenvalue weighted by Crippen LogP contribution is -1.95. The second-order valence-electron chi connectivity index (χ2n) is 3.43. The Kier molecular flexibility index (Phi) is 3.91. The van der Waals surface area contributed by atoms with Gasteiger partial charge in [0.1, 0.15) is 24.0 Å². The Bertz CT molecular complexity index is 670. The molecular formula is C12H7BrN6. The van der Waals surface area contributed by atoms with Crippen molar-refractivity contribution in [3.8, 4) is 17.8 Å². The third kappa shape index (κ3) is 3.18. The topological polar surface area (TPSA) is 90.3 Å². The fraction of sp³-hybridized carbons (Fsp3) is 0. The number of allylic oxidation sites excluding steroid dienone is 1. The van der Waals surface area contributed by atoms with E-state index in [-0.39, 0.29) is 5.57 Å². The predicted molar refractivity (Wildman–Crippen MR) is 72.0 cm³/mol. The molecule has 2 rings (SSSR count). The maximum Gasteiger partial charge on any atom is 0.217 e. The quantitative estimate of drug-likeness (QED) is 0.878. The molecule has 6 nitrogen and oxygen atoms in total. The lowest BCUT2D eigenvalue weighted by atomic mass is 10.3. The van der Waals surface area contributed by atoms with Crippen molar-refractivity contribution < 1.29 is 0 Å². The van der Waals surface area contributed by atoms with Crippen LogP contribution in [0.25, 0.3) is 5.69 Å². The SMILES string of the molecule is N#CC(C#N)=CNc1ccc(-n2cnc(Br)n2)cc1. The lowest BCUT2D eigenvalue weighted by molar-refractivity contribution is 0.870. The van der Waals surface area contributed by atoms with E-state index in [1.165, 1.54) is 6.20 Å². The van der Waals surface area contributed by atoms with E-state index in [9.17, 15) is 0 Å². The van der Waals surface area contributed by atoms with Crippen molar-refractivity contribution in [3.63, 3.8) is 0 Å². The summed E-state index contributed by atoms with van der Waals surface area (Å²) in [6.45, 7) is 0. The van der Waals surface area contributed by atoms with E-state index in [1.807, 2.05) is 24.3 Å². The zero-order valence-corrected chi connectivity index (χ0v) is 11.2. The summed E-state index contributed by atoms with van der Waals surface area (Å²) in [6, 6.07) is 10.9. The summed E-state index contributed by atoms with van der Waals surface area (Å²) in [4.78, 5) is 3.97. The first-order chi connectivity index (χ1) is 9.22. The van der Waals surface area contributed by atoms with Crippen molar-refractivity contribution in [2.75, 3.05) is 5.32 Å². The van der Waals surface area contributed by atoms with Crippen LogP contribution in [-0.2, 0) is 0 Å². The van der Waals surface area contributed by atoms with E-state index in [0.29, 0.717) is 4.73 Å². The molecule has 0 saturated heterocycles. The van der Waals surface area contributed by atoms with Crippen LogP contribution in [0.3, 0.4) is 0 Å². The first-order valence-electron chi connectivity index (χ1n) is 5.17. The number of hydrogen-bond donors (Lipinski definition) is 1. The highest BCUT2D eigenvalue weighted by Gasteiger charge is 2.00. The molecule has 1 heterocycles. The fourth-order valence-corrected chi connectivity index (χ4v) is 1.59. The van der Waals surface area contributed by atoms with Gasteiger partial charge in [0.25, 0.3) is 0 Å². The highest BCUT2D eigenvalue weighted by atomic mass is 79.9. The minimum atomic E-state index is 0.0179. The number of hydrogen-bond acceptors (Lipinski definition) is 5. The van der Waals surface area contributed by atoms with E-state index < -0.39 is 0 Å². The zero-order valence-electron chi connectivity index (χ0n) is 9.58. The van der Waals surface area contributed by atoms with Crippen molar-refractivity contribution in [1.29, 1.82) is 10.5 Å². The molecule has 0 saturated carbocycles. The van der Waals surface area contributed by atoms with Gasteiger partial charge in [0.2, 0.25) is 4.73 Å². The second kappa shape index (κ2) is 5.80. The molecule has 7 heteroatoms. The van der Waals surface area contributed by atoms with Gasteiger partial charge < -0.3 is 5.32 Å². The highest BCUT2D eigenvalue weighted by molar-refractivity contribution is 9.10. The molecule has 0 aliphatic heterocycles. The van der Waals surface area contributed by atoms with Crippen molar-refractivity contribution in [2.24, 2.45) is 0 Å². The van der Waals surface area contributed by atoms with Crippen LogP contribution in [0.5, 0.6) is 0 Å². The van der Waals surface area contributed by atoms with Gasteiger partial charge in [-0.25, -0.2) is 9.67 Å². The molecule has 0 unspecified atom stereocenters. The third-order valence-corrected chi connectivity index (χ3v) is 2.58. The number of nitriles is 2. The minimum Gasteiger partial charge on any atom is -0.360 e. The molecule has 0 spiro atoms. The van der Waals surface area contributed by atoms with Crippen LogP contribution >= 0.6 is 15.9 Å². The molecule has 0 atom stereocenters. The van der Waals surface area contributed by atoms with Gasteiger partial charge in [0.15, 0.2) is 0 Å². The molecule has 1 aromatic heterocycles. The van der Waals surface area contributed by atoms with Crippen LogP contribution in [0.1, 0.15) is 0 Å². The molecule has 19 heavy (non-hydrogen) atoms. The Morgan fingerprint density at radius 3 is 2.47 bits per heavy atom. The Balaban J connectivity index is 2.14. The molecule has 92 valence electrons. The average Bonchev–Trinajstić information content (AvgIpc) is 2.87. The van der Waals surface area contributed by atoms with Crippen molar-refractivity contribution >= 4 is 21.6 Å². The van der Waals surface area contributed by atoms with Gasteiger partial charge in [-0.3, -0.25) is 0 Å². The average molecular weight is 315 g/mol. The Labute approximate surface area is 117 Å². The molecule has 2 aromatic rings. The van der Waals surface area contributed by atoms with E-state index >= 15 is 0 Å². The third-order valence-electron chi connectivity index (χ3n) is 2.22. The van der Waals surface area contributed by atoms with Crippen LogP contribution in [0, 0.1) is 22.7 Å². The predicted octanol–water partition coefficient (Wildman–Crippen LogP) is 2.37. The first-order valence-corrected chi connectivity index (χ1v) is 5.97. The lowest BCUT2D eigenvalue weighted by Gasteiger charge is -2.03. The number of halogens is 1.